The summed E-state index contributed by atoms with van der Waals surface area (Å²) in [7, 11) is 3.93. The maximum Gasteiger partial charge on any atom is 0.193 e. The van der Waals surface area contributed by atoms with Crippen molar-refractivity contribution < 1.29 is 4.74 Å². The molecule has 0 aromatic carbocycles. The number of ether oxygens (including phenoxy) is 1. The van der Waals surface area contributed by atoms with E-state index in [1.165, 1.54) is 19.3 Å². The van der Waals surface area contributed by atoms with Gasteiger partial charge in [0, 0.05) is 33.8 Å². The molecule has 0 spiro atoms. The Labute approximate surface area is 148 Å². The van der Waals surface area contributed by atoms with E-state index in [9.17, 15) is 0 Å². The zero-order chi connectivity index (χ0) is 15.2. The van der Waals surface area contributed by atoms with Gasteiger partial charge in [0.1, 0.15) is 0 Å². The van der Waals surface area contributed by atoms with Crippen molar-refractivity contribution in [2.24, 2.45) is 4.99 Å². The van der Waals surface area contributed by atoms with E-state index in [1.54, 1.807) is 0 Å². The van der Waals surface area contributed by atoms with Gasteiger partial charge in [0.15, 0.2) is 5.96 Å². The molecule has 0 radical (unpaired) electrons. The maximum absolute atomic E-state index is 5.52. The van der Waals surface area contributed by atoms with Gasteiger partial charge in [0.2, 0.25) is 0 Å². The first-order valence-corrected chi connectivity index (χ1v) is 7.76. The van der Waals surface area contributed by atoms with Crippen LogP contribution in [0.3, 0.4) is 0 Å². The number of unbranched alkanes of at least 4 members (excludes halogenated alkanes) is 3. The van der Waals surface area contributed by atoms with Crippen molar-refractivity contribution >= 4 is 29.9 Å². The lowest BCUT2D eigenvalue weighted by Crippen LogP contribution is -2.40. The van der Waals surface area contributed by atoms with Crippen LogP contribution in [0.1, 0.15) is 46.0 Å². The number of nitrogens with zero attached hydrogens (tertiary/aromatic N) is 2. The third-order valence-electron chi connectivity index (χ3n) is 3.03. The Kier molecular flexibility index (Phi) is 17.6. The van der Waals surface area contributed by atoms with Crippen molar-refractivity contribution in [1.82, 2.24) is 10.2 Å². The molecule has 0 saturated carbocycles. The predicted octanol–water partition coefficient (Wildman–Crippen LogP) is 3.67. The van der Waals surface area contributed by atoms with Crippen LogP contribution < -0.4 is 5.32 Å². The van der Waals surface area contributed by atoms with Crippen LogP contribution in [0.2, 0.25) is 0 Å². The zero-order valence-electron chi connectivity index (χ0n) is 14.2. The fourth-order valence-electron chi connectivity index (χ4n) is 1.90. The molecule has 0 bridgehead atoms. The average molecular weight is 411 g/mol. The van der Waals surface area contributed by atoms with E-state index in [-0.39, 0.29) is 24.0 Å². The van der Waals surface area contributed by atoms with E-state index in [0.29, 0.717) is 6.10 Å². The number of allylic oxidation sites excluding steroid dienone is 1. The number of rotatable bonds is 11. The lowest BCUT2D eigenvalue weighted by molar-refractivity contribution is 0.0776. The van der Waals surface area contributed by atoms with Crippen LogP contribution in [0.15, 0.2) is 17.6 Å². The van der Waals surface area contributed by atoms with Crippen molar-refractivity contribution in [2.45, 2.75) is 52.1 Å². The minimum atomic E-state index is 0. The first-order chi connectivity index (χ1) is 9.61. The van der Waals surface area contributed by atoms with Gasteiger partial charge >= 0.3 is 0 Å². The predicted molar refractivity (Wildman–Crippen MR) is 104 cm³/mol. The Balaban J connectivity index is 0. The summed E-state index contributed by atoms with van der Waals surface area (Å²) in [6.45, 7) is 10.6. The molecule has 0 atom stereocenters. The van der Waals surface area contributed by atoms with Gasteiger partial charge < -0.3 is 15.0 Å². The molecule has 5 heteroatoms. The van der Waals surface area contributed by atoms with Crippen molar-refractivity contribution in [1.29, 1.82) is 0 Å². The number of hydrogen-bond acceptors (Lipinski definition) is 2. The second-order valence-corrected chi connectivity index (χ2v) is 5.31. The molecule has 1 N–H and O–H groups in total. The lowest BCUT2D eigenvalue weighted by atomic mass is 10.2. The summed E-state index contributed by atoms with van der Waals surface area (Å²) in [5, 5.41) is 3.37. The Bertz CT molecular complexity index is 270. The number of hydrogen-bond donors (Lipinski definition) is 1. The summed E-state index contributed by atoms with van der Waals surface area (Å²) in [6.07, 6.45) is 8.10. The normalized spacial score (nSPS) is 11.2. The molecule has 0 fully saturated rings. The number of guanidine groups is 1. The smallest absolute Gasteiger partial charge is 0.193 e. The number of halogens is 1. The van der Waals surface area contributed by atoms with E-state index in [1.807, 2.05) is 13.1 Å². The molecule has 0 aromatic heterocycles. The van der Waals surface area contributed by atoms with Crippen LogP contribution in [0.25, 0.3) is 0 Å². The first kappa shape index (κ1) is 23.0. The van der Waals surface area contributed by atoms with Gasteiger partial charge in [0.25, 0.3) is 0 Å². The number of aliphatic imine (C=N–C) groups is 1. The summed E-state index contributed by atoms with van der Waals surface area (Å²) in [6, 6.07) is 0. The fourth-order valence-corrected chi connectivity index (χ4v) is 1.90. The van der Waals surface area contributed by atoms with Crippen molar-refractivity contribution in [3.05, 3.63) is 12.7 Å². The minimum absolute atomic E-state index is 0. The Morgan fingerprint density at radius 2 is 2.00 bits per heavy atom. The molecule has 0 saturated heterocycles. The van der Waals surface area contributed by atoms with Crippen LogP contribution >= 0.6 is 24.0 Å². The van der Waals surface area contributed by atoms with Crippen molar-refractivity contribution in [3.63, 3.8) is 0 Å². The van der Waals surface area contributed by atoms with E-state index >= 15 is 0 Å². The monoisotopic (exact) mass is 411 g/mol. The number of nitrogens with one attached hydrogen (secondary N) is 1. The molecule has 126 valence electrons. The quantitative estimate of drug-likeness (QED) is 0.185. The second-order valence-electron chi connectivity index (χ2n) is 5.31. The molecule has 0 aliphatic heterocycles. The second kappa shape index (κ2) is 16.1. The largest absolute Gasteiger partial charge is 0.379 e. The van der Waals surface area contributed by atoms with Crippen LogP contribution in [0, 0.1) is 0 Å². The molecule has 0 aliphatic rings. The SMILES string of the molecule is C=CCCCCCN(C)C(=NC)NCCCOC(C)C.I. The molecule has 0 aliphatic carbocycles. The molecular weight excluding hydrogens is 377 g/mol. The van der Waals surface area contributed by atoms with E-state index in [4.69, 9.17) is 4.74 Å². The molecule has 0 heterocycles. The highest BCUT2D eigenvalue weighted by molar-refractivity contribution is 14.0. The third kappa shape index (κ3) is 14.4. The highest BCUT2D eigenvalue weighted by Crippen LogP contribution is 2.01. The van der Waals surface area contributed by atoms with Gasteiger partial charge in [-0.15, -0.1) is 30.6 Å². The van der Waals surface area contributed by atoms with Crippen molar-refractivity contribution in [2.75, 3.05) is 33.8 Å². The van der Waals surface area contributed by atoms with Gasteiger partial charge in [-0.05, 0) is 39.5 Å². The standard InChI is InChI=1S/C16H33N3O.HI/c1-6-7-8-9-10-13-19(5)16(17-4)18-12-11-14-20-15(2)3;/h6,15H,1,7-14H2,2-5H3,(H,17,18);1H. The van der Waals surface area contributed by atoms with Gasteiger partial charge in [-0.25, -0.2) is 0 Å². The van der Waals surface area contributed by atoms with E-state index in [2.05, 4.69) is 42.7 Å². The Morgan fingerprint density at radius 3 is 2.57 bits per heavy atom. The first-order valence-electron chi connectivity index (χ1n) is 7.76. The summed E-state index contributed by atoms with van der Waals surface area (Å²) >= 11 is 0. The van der Waals surface area contributed by atoms with Gasteiger partial charge in [-0.2, -0.15) is 0 Å². The van der Waals surface area contributed by atoms with E-state index in [0.717, 1.165) is 38.5 Å². The molecular formula is C16H34IN3O. The van der Waals surface area contributed by atoms with Gasteiger partial charge in [-0.3, -0.25) is 4.99 Å². The molecule has 4 nitrogen and oxygen atoms in total. The lowest BCUT2D eigenvalue weighted by Gasteiger charge is -2.22. The summed E-state index contributed by atoms with van der Waals surface area (Å²) < 4.78 is 5.52. The molecule has 0 aromatic rings. The summed E-state index contributed by atoms with van der Waals surface area (Å²) in [5.41, 5.74) is 0. The van der Waals surface area contributed by atoms with Crippen molar-refractivity contribution in [3.8, 4) is 0 Å². The zero-order valence-corrected chi connectivity index (χ0v) is 16.6. The Morgan fingerprint density at radius 1 is 1.29 bits per heavy atom. The van der Waals surface area contributed by atoms with E-state index < -0.39 is 0 Å². The minimum Gasteiger partial charge on any atom is -0.379 e. The Hall–Kier alpha value is -0.300. The van der Waals surface area contributed by atoms with Crippen LogP contribution in [-0.2, 0) is 4.74 Å². The molecule has 21 heavy (non-hydrogen) atoms. The van der Waals surface area contributed by atoms with Crippen LogP contribution in [0.5, 0.6) is 0 Å². The third-order valence-corrected chi connectivity index (χ3v) is 3.03. The molecule has 0 unspecified atom stereocenters. The summed E-state index contributed by atoms with van der Waals surface area (Å²) in [4.78, 5) is 6.50. The molecule has 0 amide bonds. The van der Waals surface area contributed by atoms with Crippen LogP contribution in [0.4, 0.5) is 0 Å². The topological polar surface area (TPSA) is 36.9 Å². The average Bonchev–Trinajstić information content (AvgIpc) is 2.42. The summed E-state index contributed by atoms with van der Waals surface area (Å²) in [5.74, 6) is 0.971. The van der Waals surface area contributed by atoms with Crippen LogP contribution in [-0.4, -0.2) is 50.8 Å². The molecule has 0 rings (SSSR count). The fraction of sp³-hybridized carbons (Fsp3) is 0.812. The van der Waals surface area contributed by atoms with Gasteiger partial charge in [-0.1, -0.05) is 12.5 Å². The highest BCUT2D eigenvalue weighted by atomic mass is 127. The van der Waals surface area contributed by atoms with Gasteiger partial charge in [0.05, 0.1) is 6.10 Å². The highest BCUT2D eigenvalue weighted by Gasteiger charge is 2.04. The maximum atomic E-state index is 5.52.